The fraction of sp³-hybridized carbons (Fsp3) is 0. The first kappa shape index (κ1) is 11.1. The van der Waals surface area contributed by atoms with Crippen molar-refractivity contribution in [1.29, 1.82) is 0 Å². The van der Waals surface area contributed by atoms with Crippen LogP contribution in [0.1, 0.15) is 0 Å². The van der Waals surface area contributed by atoms with Crippen LogP contribution in [0.2, 0.25) is 0 Å². The summed E-state index contributed by atoms with van der Waals surface area (Å²) in [5, 5.41) is 0. The Morgan fingerprint density at radius 1 is 1.71 bits per heavy atom. The normalized spacial score (nSPS) is 10.6. The van der Waals surface area contributed by atoms with Crippen molar-refractivity contribution in [3.63, 3.8) is 0 Å². The van der Waals surface area contributed by atoms with E-state index in [0.717, 1.165) is 0 Å². The van der Waals surface area contributed by atoms with Crippen LogP contribution in [-0.4, -0.2) is 17.5 Å². The topological polar surface area (TPSA) is 9.23 Å². The van der Waals surface area contributed by atoms with E-state index in [0.29, 0.717) is 0 Å². The van der Waals surface area contributed by atoms with Gasteiger partial charge in [-0.15, -0.1) is 0 Å². The maximum absolute atomic E-state index is 5.13. The van der Waals surface area contributed by atoms with Crippen molar-refractivity contribution in [2.45, 2.75) is 0 Å². The van der Waals surface area contributed by atoms with E-state index >= 15 is 0 Å². The molecule has 0 atom stereocenters. The molecule has 0 fully saturated rings. The Morgan fingerprint density at radius 3 is 2.43 bits per heavy atom. The van der Waals surface area contributed by atoms with Crippen molar-refractivity contribution < 1.29 is 23.2 Å². The van der Waals surface area contributed by atoms with Crippen LogP contribution in [0.3, 0.4) is 0 Å². The van der Waals surface area contributed by atoms with Crippen LogP contribution >= 0.6 is 9.90 Å². The van der Waals surface area contributed by atoms with E-state index in [1.54, 1.807) is 0 Å². The number of hydrogen-bond donors (Lipinski definition) is 0. The minimum atomic E-state index is -0.260. The molecule has 0 aromatic carbocycles. The van der Waals surface area contributed by atoms with E-state index in [-0.39, 0.29) is 27.4 Å². The summed E-state index contributed by atoms with van der Waals surface area (Å²) in [5.41, 5.74) is 1.91. The van der Waals surface area contributed by atoms with Crippen molar-refractivity contribution in [1.82, 2.24) is 0 Å². The Hall–Kier alpha value is 1.25. The molecule has 0 aliphatic rings. The molecule has 0 aliphatic carbocycles. The van der Waals surface area contributed by atoms with E-state index in [2.05, 4.69) is 25.7 Å². The first-order valence-corrected chi connectivity index (χ1v) is 8.86. The van der Waals surface area contributed by atoms with Gasteiger partial charge in [-0.25, -0.2) is 0 Å². The zero-order valence-electron chi connectivity index (χ0n) is 3.87. The van der Waals surface area contributed by atoms with E-state index in [1.807, 2.05) is 5.70 Å². The molecule has 0 aromatic heterocycles. The summed E-state index contributed by atoms with van der Waals surface area (Å²) in [6.45, 7) is 3.55. The van der Waals surface area contributed by atoms with Gasteiger partial charge in [0.05, 0.1) is 0 Å². The van der Waals surface area contributed by atoms with Gasteiger partial charge in [-0.05, 0) is 0 Å². The minimum Gasteiger partial charge on any atom is 0 e. The second-order valence-corrected chi connectivity index (χ2v) is 5.44. The summed E-state index contributed by atoms with van der Waals surface area (Å²) < 4.78 is 5.13. The molecule has 0 rings (SSSR count). The fourth-order valence-corrected chi connectivity index (χ4v) is 3.50. The standard InChI is InChI=1S/C2H7OSi2.P.Pt/c1-2-5-3-4;;/h2H,1,4-5H2;;. The van der Waals surface area contributed by atoms with Gasteiger partial charge in [-0.1, -0.05) is 0 Å². The Morgan fingerprint density at radius 2 is 2.29 bits per heavy atom. The third-order valence-electron chi connectivity index (χ3n) is 0.300. The fourth-order valence-electron chi connectivity index (χ4n) is 0.121. The molecule has 3 radical (unpaired) electrons. The maximum atomic E-state index is 5.13. The summed E-state index contributed by atoms with van der Waals surface area (Å²) in [4.78, 5) is 0. The third kappa shape index (κ3) is 11.1. The molecule has 0 aliphatic heterocycles. The van der Waals surface area contributed by atoms with Gasteiger partial charge in [0.2, 0.25) is 0 Å². The number of rotatable bonds is 3. The van der Waals surface area contributed by atoms with Gasteiger partial charge in [0.1, 0.15) is 0 Å². The van der Waals surface area contributed by atoms with Gasteiger partial charge < -0.3 is 0 Å². The molecule has 1 nitrogen and oxygen atoms in total. The van der Waals surface area contributed by atoms with E-state index in [1.165, 1.54) is 0 Å². The summed E-state index contributed by atoms with van der Waals surface area (Å²) >= 11 is 2.30. The molecule has 0 N–H and O–H groups in total. The zero-order valence-corrected chi connectivity index (χ0v) is 9.87. The van der Waals surface area contributed by atoms with Crippen LogP contribution in [0.15, 0.2) is 12.3 Å². The molecule has 0 bridgehead atoms. The van der Waals surface area contributed by atoms with Crippen molar-refractivity contribution in [2.24, 2.45) is 0 Å². The molecule has 44 valence electrons. The first-order chi connectivity index (χ1) is 2.91. The van der Waals surface area contributed by atoms with Gasteiger partial charge >= 0.3 is 53.0 Å². The van der Waals surface area contributed by atoms with E-state index < -0.39 is 0 Å². The molecular weight excluding hydrogens is 322 g/mol. The predicted octanol–water partition coefficient (Wildman–Crippen LogP) is -0.363. The van der Waals surface area contributed by atoms with Gasteiger partial charge in [0, 0.05) is 9.90 Å². The van der Waals surface area contributed by atoms with Gasteiger partial charge in [0.15, 0.2) is 0 Å². The molecule has 0 saturated heterocycles. The van der Waals surface area contributed by atoms with Gasteiger partial charge in [0.25, 0.3) is 0 Å². The van der Waals surface area contributed by atoms with Crippen LogP contribution in [0.5, 0.6) is 0 Å². The van der Waals surface area contributed by atoms with Crippen LogP contribution in [0.25, 0.3) is 0 Å². The zero-order chi connectivity index (χ0) is 4.83. The Labute approximate surface area is 62.9 Å². The molecular formula is C2H7OPPtSi2. The molecule has 0 unspecified atom stereocenters. The molecule has 0 amide bonds. The van der Waals surface area contributed by atoms with Crippen molar-refractivity contribution in [3.8, 4) is 0 Å². The summed E-state index contributed by atoms with van der Waals surface area (Å²) in [6, 6.07) is 0. The average molecular weight is 329 g/mol. The van der Waals surface area contributed by atoms with Gasteiger partial charge in [-0.2, -0.15) is 0 Å². The molecule has 0 saturated carbocycles. The largest absolute Gasteiger partial charge is 0 e. The summed E-state index contributed by atoms with van der Waals surface area (Å²) in [7, 11) is -0.394. The summed E-state index contributed by atoms with van der Waals surface area (Å²) in [5.74, 6) is 0. The van der Waals surface area contributed by atoms with Crippen molar-refractivity contribution in [2.75, 3.05) is 0 Å². The van der Waals surface area contributed by atoms with Crippen LogP contribution < -0.4 is 0 Å². The SMILES string of the molecule is C=C[SiH2]O[SiH2][Pt].[P]. The van der Waals surface area contributed by atoms with E-state index in [4.69, 9.17) is 4.12 Å². The molecule has 0 spiro atoms. The second-order valence-electron chi connectivity index (χ2n) is 0.751. The quantitative estimate of drug-likeness (QED) is 0.390. The van der Waals surface area contributed by atoms with E-state index in [9.17, 15) is 0 Å². The van der Waals surface area contributed by atoms with Gasteiger partial charge in [-0.3, -0.25) is 0 Å². The molecule has 7 heavy (non-hydrogen) atoms. The molecule has 0 heterocycles. The third-order valence-corrected chi connectivity index (χ3v) is 6.17. The molecule has 0 aromatic rings. The number of hydrogen-bond acceptors (Lipinski definition) is 1. The smallest absolute Gasteiger partial charge is 0 e. The van der Waals surface area contributed by atoms with Crippen LogP contribution in [0, 0.1) is 0 Å². The Balaban J connectivity index is 0. The monoisotopic (exact) mass is 329 g/mol. The Bertz CT molecular complexity index is 44.7. The predicted molar refractivity (Wildman–Crippen MR) is 35.3 cm³/mol. The maximum Gasteiger partial charge on any atom is 0 e. The van der Waals surface area contributed by atoms with Crippen LogP contribution in [0.4, 0.5) is 0 Å². The second kappa shape index (κ2) is 10.3. The average Bonchev–Trinajstić information content (AvgIpc) is 1.61. The van der Waals surface area contributed by atoms with Crippen molar-refractivity contribution >= 4 is 27.4 Å². The minimum absolute atomic E-state index is 0. The summed E-state index contributed by atoms with van der Waals surface area (Å²) in [6.07, 6.45) is 0. The molecule has 5 heteroatoms. The van der Waals surface area contributed by atoms with Crippen LogP contribution in [-0.2, 0) is 23.2 Å². The Kier molecular flexibility index (Phi) is 16.3. The first-order valence-electron chi connectivity index (χ1n) is 1.62. The van der Waals surface area contributed by atoms with Crippen molar-refractivity contribution in [3.05, 3.63) is 12.3 Å².